The normalized spacial score (nSPS) is 10.7. The number of carbonyl (C=O) groups excluding carboxylic acids is 1. The van der Waals surface area contributed by atoms with Crippen LogP contribution in [0.1, 0.15) is 13.8 Å². The van der Waals surface area contributed by atoms with Crippen molar-refractivity contribution in [3.05, 3.63) is 41.3 Å². The van der Waals surface area contributed by atoms with Crippen LogP contribution in [0.25, 0.3) is 11.3 Å². The number of halogens is 1. The van der Waals surface area contributed by atoms with Gasteiger partial charge in [0.15, 0.2) is 0 Å². The predicted molar refractivity (Wildman–Crippen MR) is 76.9 cm³/mol. The summed E-state index contributed by atoms with van der Waals surface area (Å²) in [5.41, 5.74) is 1.64. The lowest BCUT2D eigenvalue weighted by molar-refractivity contribution is 0.135. The third-order valence-electron chi connectivity index (χ3n) is 2.52. The van der Waals surface area contributed by atoms with Crippen molar-refractivity contribution in [2.24, 2.45) is 5.92 Å². The van der Waals surface area contributed by atoms with E-state index >= 15 is 0 Å². The Morgan fingerprint density at radius 3 is 2.68 bits per heavy atom. The molecule has 0 bridgehead atoms. The first-order chi connectivity index (χ1) is 9.08. The largest absolute Gasteiger partial charge is 0.449 e. The number of ether oxygens (including phenoxy) is 1. The van der Waals surface area contributed by atoms with Crippen molar-refractivity contribution in [1.82, 2.24) is 9.55 Å². The van der Waals surface area contributed by atoms with Crippen LogP contribution in [-0.4, -0.2) is 22.3 Å². The first kappa shape index (κ1) is 13.8. The number of imidazole rings is 1. The van der Waals surface area contributed by atoms with Crippen molar-refractivity contribution in [2.45, 2.75) is 13.8 Å². The van der Waals surface area contributed by atoms with Crippen molar-refractivity contribution < 1.29 is 9.53 Å². The van der Waals surface area contributed by atoms with E-state index in [0.717, 1.165) is 15.7 Å². The van der Waals surface area contributed by atoms with E-state index < -0.39 is 6.09 Å². The zero-order chi connectivity index (χ0) is 13.8. The predicted octanol–water partition coefficient (Wildman–Crippen LogP) is 3.95. The highest BCUT2D eigenvalue weighted by Gasteiger charge is 2.13. The third kappa shape index (κ3) is 3.44. The molecule has 19 heavy (non-hydrogen) atoms. The summed E-state index contributed by atoms with van der Waals surface area (Å²) in [5.74, 6) is 0.309. The molecule has 0 fully saturated rings. The summed E-state index contributed by atoms with van der Waals surface area (Å²) in [6.07, 6.45) is 2.73. The molecule has 0 radical (unpaired) electrons. The van der Waals surface area contributed by atoms with Crippen LogP contribution >= 0.6 is 15.9 Å². The highest BCUT2D eigenvalue weighted by Crippen LogP contribution is 2.21. The van der Waals surface area contributed by atoms with Crippen molar-refractivity contribution in [1.29, 1.82) is 0 Å². The van der Waals surface area contributed by atoms with Gasteiger partial charge in [-0.1, -0.05) is 41.9 Å². The van der Waals surface area contributed by atoms with Crippen molar-refractivity contribution in [2.75, 3.05) is 6.61 Å². The third-order valence-corrected chi connectivity index (χ3v) is 3.04. The molecule has 1 heterocycles. The van der Waals surface area contributed by atoms with Gasteiger partial charge in [-0.2, -0.15) is 0 Å². The van der Waals surface area contributed by atoms with Gasteiger partial charge in [0.1, 0.15) is 6.33 Å². The van der Waals surface area contributed by atoms with Crippen LogP contribution in [0.15, 0.2) is 41.3 Å². The lowest BCUT2D eigenvalue weighted by Crippen LogP contribution is -2.16. The van der Waals surface area contributed by atoms with Gasteiger partial charge in [0.25, 0.3) is 0 Å². The molecule has 1 aromatic carbocycles. The Bertz CT molecular complexity index is 561. The van der Waals surface area contributed by atoms with E-state index in [0.29, 0.717) is 12.5 Å². The van der Waals surface area contributed by atoms with Crippen LogP contribution in [0.2, 0.25) is 0 Å². The molecule has 2 aromatic rings. The first-order valence-corrected chi connectivity index (χ1v) is 6.82. The van der Waals surface area contributed by atoms with Gasteiger partial charge < -0.3 is 4.74 Å². The summed E-state index contributed by atoms with van der Waals surface area (Å²) in [6.45, 7) is 4.39. The van der Waals surface area contributed by atoms with Gasteiger partial charge in [0, 0.05) is 10.0 Å². The number of rotatable bonds is 3. The summed E-state index contributed by atoms with van der Waals surface area (Å²) >= 11 is 3.38. The maximum absolute atomic E-state index is 12.0. The summed E-state index contributed by atoms with van der Waals surface area (Å²) in [6, 6.07) is 7.69. The molecule has 4 nitrogen and oxygen atoms in total. The Labute approximate surface area is 120 Å². The quantitative estimate of drug-likeness (QED) is 0.859. The Morgan fingerprint density at radius 1 is 1.37 bits per heavy atom. The minimum Gasteiger partial charge on any atom is -0.449 e. The van der Waals surface area contributed by atoms with Crippen LogP contribution < -0.4 is 0 Å². The molecule has 0 amide bonds. The van der Waals surface area contributed by atoms with E-state index in [4.69, 9.17) is 4.74 Å². The summed E-state index contributed by atoms with van der Waals surface area (Å²) in [5, 5.41) is 0. The van der Waals surface area contributed by atoms with Crippen LogP contribution in [0, 0.1) is 5.92 Å². The van der Waals surface area contributed by atoms with Gasteiger partial charge >= 0.3 is 6.09 Å². The molecule has 2 rings (SSSR count). The molecule has 0 N–H and O–H groups in total. The molecule has 0 aliphatic heterocycles. The van der Waals surface area contributed by atoms with Gasteiger partial charge in [-0.25, -0.2) is 14.3 Å². The summed E-state index contributed by atoms with van der Waals surface area (Å²) in [7, 11) is 0. The van der Waals surface area contributed by atoms with E-state index in [1.165, 1.54) is 10.9 Å². The van der Waals surface area contributed by atoms with E-state index in [1.807, 2.05) is 38.1 Å². The minimum atomic E-state index is -0.399. The fraction of sp³-hybridized carbons (Fsp3) is 0.286. The second-order valence-corrected chi connectivity index (χ2v) is 5.54. The highest BCUT2D eigenvalue weighted by molar-refractivity contribution is 9.10. The van der Waals surface area contributed by atoms with Crippen molar-refractivity contribution in [3.63, 3.8) is 0 Å². The highest BCUT2D eigenvalue weighted by atomic mass is 79.9. The summed E-state index contributed by atoms with van der Waals surface area (Å²) in [4.78, 5) is 16.0. The lowest BCUT2D eigenvalue weighted by atomic mass is 10.2. The maximum atomic E-state index is 12.0. The smallest absolute Gasteiger partial charge is 0.419 e. The molecule has 0 unspecified atom stereocenters. The molecular formula is C14H15BrN2O2. The van der Waals surface area contributed by atoms with E-state index in [1.54, 1.807) is 6.20 Å². The van der Waals surface area contributed by atoms with Gasteiger partial charge in [0.05, 0.1) is 18.5 Å². The lowest BCUT2D eigenvalue weighted by Gasteiger charge is -2.09. The van der Waals surface area contributed by atoms with Crippen LogP contribution in [0.3, 0.4) is 0 Å². The van der Waals surface area contributed by atoms with Crippen LogP contribution in [0.4, 0.5) is 4.79 Å². The average Bonchev–Trinajstić information content (AvgIpc) is 2.86. The summed E-state index contributed by atoms with van der Waals surface area (Å²) < 4.78 is 7.62. The minimum absolute atomic E-state index is 0.309. The number of aromatic nitrogens is 2. The second kappa shape index (κ2) is 6.02. The van der Waals surface area contributed by atoms with Crippen molar-refractivity contribution >= 4 is 22.0 Å². The standard InChI is InChI=1S/C14H15BrN2O2/c1-10(2)8-19-14(18)17-9-16-7-13(17)11-3-5-12(15)6-4-11/h3-7,9-10H,8H2,1-2H3. The van der Waals surface area contributed by atoms with Gasteiger partial charge in [-0.3, -0.25) is 0 Å². The van der Waals surface area contributed by atoms with Crippen LogP contribution in [0.5, 0.6) is 0 Å². The molecular weight excluding hydrogens is 308 g/mol. The Hall–Kier alpha value is -1.62. The average molecular weight is 323 g/mol. The molecule has 0 saturated heterocycles. The van der Waals surface area contributed by atoms with E-state index in [2.05, 4.69) is 20.9 Å². The van der Waals surface area contributed by atoms with E-state index in [-0.39, 0.29) is 0 Å². The van der Waals surface area contributed by atoms with Gasteiger partial charge in [-0.15, -0.1) is 0 Å². The zero-order valence-corrected chi connectivity index (χ0v) is 12.4. The second-order valence-electron chi connectivity index (χ2n) is 4.63. The number of nitrogens with zero attached hydrogens (tertiary/aromatic N) is 2. The zero-order valence-electron chi connectivity index (χ0n) is 10.8. The first-order valence-electron chi connectivity index (χ1n) is 6.03. The Kier molecular flexibility index (Phi) is 4.37. The molecule has 0 aliphatic carbocycles. The molecule has 0 aliphatic rings. The SMILES string of the molecule is CC(C)COC(=O)n1cncc1-c1ccc(Br)cc1. The molecule has 1 aromatic heterocycles. The van der Waals surface area contributed by atoms with Gasteiger partial charge in [0.2, 0.25) is 0 Å². The van der Waals surface area contributed by atoms with E-state index in [9.17, 15) is 4.79 Å². The molecule has 100 valence electrons. The van der Waals surface area contributed by atoms with Crippen molar-refractivity contribution in [3.8, 4) is 11.3 Å². The number of benzene rings is 1. The van der Waals surface area contributed by atoms with Crippen LogP contribution in [-0.2, 0) is 4.74 Å². The molecule has 0 atom stereocenters. The van der Waals surface area contributed by atoms with Gasteiger partial charge in [-0.05, 0) is 18.1 Å². The fourth-order valence-corrected chi connectivity index (χ4v) is 1.85. The number of hydrogen-bond donors (Lipinski definition) is 0. The number of carbonyl (C=O) groups is 1. The Balaban J connectivity index is 2.22. The topological polar surface area (TPSA) is 44.1 Å². The molecule has 0 spiro atoms. The molecule has 0 saturated carbocycles. The fourth-order valence-electron chi connectivity index (χ4n) is 1.58. The Morgan fingerprint density at radius 2 is 2.05 bits per heavy atom. The molecule has 5 heteroatoms. The monoisotopic (exact) mass is 322 g/mol. The maximum Gasteiger partial charge on any atom is 0.419 e. The number of hydrogen-bond acceptors (Lipinski definition) is 3.